The second kappa shape index (κ2) is 4.58. The first-order valence-electron chi connectivity index (χ1n) is 4.61. The van der Waals surface area contributed by atoms with Crippen molar-refractivity contribution in [3.63, 3.8) is 0 Å². The lowest BCUT2D eigenvalue weighted by Gasteiger charge is -2.12. The lowest BCUT2D eigenvalue weighted by Crippen LogP contribution is -2.30. The van der Waals surface area contributed by atoms with Crippen LogP contribution in [0.4, 0.5) is 5.69 Å². The lowest BCUT2D eigenvalue weighted by atomic mass is 10.2. The molecule has 2 amide bonds. The fourth-order valence-electron chi connectivity index (χ4n) is 1.46. The lowest BCUT2D eigenvalue weighted by molar-refractivity contribution is -0.124. The van der Waals surface area contributed by atoms with Crippen molar-refractivity contribution < 1.29 is 9.59 Å². The van der Waals surface area contributed by atoms with Gasteiger partial charge in [0.15, 0.2) is 0 Å². The number of hydrogen-bond acceptors (Lipinski definition) is 3. The minimum Gasteiger partial charge on any atom is -0.372 e. The molecule has 0 bridgehead atoms. The molecular weight excluding hydrogens is 342 g/mol. The second-order valence-electron chi connectivity index (χ2n) is 3.44. The summed E-state index contributed by atoms with van der Waals surface area (Å²) in [7, 11) is 0. The molecule has 0 saturated carbocycles. The van der Waals surface area contributed by atoms with Crippen LogP contribution in [0.2, 0.25) is 5.02 Å². The second-order valence-corrected chi connectivity index (χ2v) is 5.04. The van der Waals surface area contributed by atoms with Crippen molar-refractivity contribution in [1.29, 1.82) is 0 Å². The van der Waals surface area contributed by atoms with Gasteiger partial charge in [-0.15, -0.1) is 0 Å². The van der Waals surface area contributed by atoms with Crippen LogP contribution in [0.3, 0.4) is 0 Å². The van der Waals surface area contributed by atoms with Crippen molar-refractivity contribution in [1.82, 2.24) is 5.32 Å². The highest BCUT2D eigenvalue weighted by Crippen LogP contribution is 2.23. The highest BCUT2D eigenvalue weighted by atomic mass is 127. The first kappa shape index (κ1) is 11.7. The molecule has 2 rings (SSSR count). The smallest absolute Gasteiger partial charge is 0.249 e. The van der Waals surface area contributed by atoms with E-state index in [1.807, 2.05) is 0 Å². The van der Waals surface area contributed by atoms with E-state index in [1.54, 1.807) is 18.2 Å². The summed E-state index contributed by atoms with van der Waals surface area (Å²) >= 11 is 7.94. The van der Waals surface area contributed by atoms with Gasteiger partial charge in [0.25, 0.3) is 0 Å². The van der Waals surface area contributed by atoms with Crippen molar-refractivity contribution >= 4 is 51.7 Å². The molecule has 16 heavy (non-hydrogen) atoms. The molecule has 0 aromatic heterocycles. The molecule has 1 atom stereocenters. The van der Waals surface area contributed by atoms with E-state index in [-0.39, 0.29) is 18.2 Å². The van der Waals surface area contributed by atoms with Crippen LogP contribution in [-0.4, -0.2) is 17.9 Å². The minimum atomic E-state index is -0.484. The number of carbonyl (C=O) groups excluding carboxylic acids is 2. The van der Waals surface area contributed by atoms with Crippen molar-refractivity contribution in [3.8, 4) is 0 Å². The molecule has 0 spiro atoms. The Morgan fingerprint density at radius 2 is 2.19 bits per heavy atom. The van der Waals surface area contributed by atoms with Crippen LogP contribution in [0.25, 0.3) is 0 Å². The van der Waals surface area contributed by atoms with Gasteiger partial charge < -0.3 is 5.32 Å². The Morgan fingerprint density at radius 1 is 1.44 bits per heavy atom. The Kier molecular flexibility index (Phi) is 3.34. The van der Waals surface area contributed by atoms with Gasteiger partial charge in [-0.1, -0.05) is 11.6 Å². The van der Waals surface area contributed by atoms with E-state index in [9.17, 15) is 9.59 Å². The number of hydrogen-bond donors (Lipinski definition) is 2. The summed E-state index contributed by atoms with van der Waals surface area (Å²) in [5.41, 5.74) is 0.805. The zero-order valence-electron chi connectivity index (χ0n) is 8.09. The van der Waals surface area contributed by atoms with Crippen molar-refractivity contribution in [2.45, 2.75) is 12.5 Å². The monoisotopic (exact) mass is 350 g/mol. The van der Waals surface area contributed by atoms with Crippen molar-refractivity contribution in [2.75, 3.05) is 5.32 Å². The van der Waals surface area contributed by atoms with Crippen LogP contribution < -0.4 is 10.6 Å². The number of rotatable bonds is 2. The maximum atomic E-state index is 11.3. The highest BCUT2D eigenvalue weighted by Gasteiger charge is 2.30. The topological polar surface area (TPSA) is 58.2 Å². The molecular formula is C10H8ClIN2O2. The number of halogens is 2. The molecule has 1 aliphatic rings. The fourth-order valence-corrected chi connectivity index (χ4v) is 2.49. The van der Waals surface area contributed by atoms with E-state index in [4.69, 9.17) is 11.6 Å². The van der Waals surface area contributed by atoms with E-state index in [0.717, 1.165) is 9.26 Å². The van der Waals surface area contributed by atoms with Crippen molar-refractivity contribution in [2.24, 2.45) is 0 Å². The molecule has 1 fully saturated rings. The standard InChI is InChI=1S/C10H8ClIN2O2/c11-5-1-2-7(6(12)3-5)13-8-4-9(15)14-10(8)16/h1-3,8,13H,4H2,(H,14,15,16). The molecule has 84 valence electrons. The first-order chi connectivity index (χ1) is 7.56. The van der Waals surface area contributed by atoms with E-state index < -0.39 is 6.04 Å². The van der Waals surface area contributed by atoms with E-state index in [0.29, 0.717) is 5.02 Å². The first-order valence-corrected chi connectivity index (χ1v) is 6.07. The molecule has 1 saturated heterocycles. The largest absolute Gasteiger partial charge is 0.372 e. The van der Waals surface area contributed by atoms with Crippen LogP contribution in [0.15, 0.2) is 18.2 Å². The average Bonchev–Trinajstić information content (AvgIpc) is 2.50. The molecule has 1 aromatic rings. The Morgan fingerprint density at radius 3 is 2.75 bits per heavy atom. The third kappa shape index (κ3) is 2.46. The minimum absolute atomic E-state index is 0.178. The molecule has 0 aliphatic carbocycles. The van der Waals surface area contributed by atoms with Crippen LogP contribution in [0.1, 0.15) is 6.42 Å². The van der Waals surface area contributed by atoms with Crippen LogP contribution in [-0.2, 0) is 9.59 Å². The Labute approximate surface area is 111 Å². The Hall–Kier alpha value is -0.820. The van der Waals surface area contributed by atoms with Gasteiger partial charge in [0.2, 0.25) is 11.8 Å². The van der Waals surface area contributed by atoms with E-state index >= 15 is 0 Å². The van der Waals surface area contributed by atoms with E-state index in [1.165, 1.54) is 0 Å². The van der Waals surface area contributed by atoms with Gasteiger partial charge in [0.1, 0.15) is 6.04 Å². The number of anilines is 1. The maximum Gasteiger partial charge on any atom is 0.249 e. The SMILES string of the molecule is O=C1CC(Nc2ccc(Cl)cc2I)C(=O)N1. The molecule has 1 heterocycles. The molecule has 1 aromatic carbocycles. The summed E-state index contributed by atoms with van der Waals surface area (Å²) in [5, 5.41) is 5.91. The molecule has 0 radical (unpaired) electrons. The van der Waals surface area contributed by atoms with Gasteiger partial charge in [0, 0.05) is 14.3 Å². The quantitative estimate of drug-likeness (QED) is 0.631. The van der Waals surface area contributed by atoms with Gasteiger partial charge in [0.05, 0.1) is 6.42 Å². The number of nitrogens with one attached hydrogen (secondary N) is 2. The number of amides is 2. The predicted molar refractivity (Wildman–Crippen MR) is 69.3 cm³/mol. The number of carbonyl (C=O) groups is 2. The Balaban J connectivity index is 2.15. The van der Waals surface area contributed by atoms with Crippen LogP contribution in [0.5, 0.6) is 0 Å². The highest BCUT2D eigenvalue weighted by molar-refractivity contribution is 14.1. The summed E-state index contributed by atoms with van der Waals surface area (Å²) in [6.07, 6.45) is 0.178. The summed E-state index contributed by atoms with van der Waals surface area (Å²) in [5.74, 6) is -0.526. The predicted octanol–water partition coefficient (Wildman–Crippen LogP) is 1.77. The maximum absolute atomic E-state index is 11.3. The summed E-state index contributed by atoms with van der Waals surface area (Å²) in [6, 6.07) is 4.84. The summed E-state index contributed by atoms with van der Waals surface area (Å²) in [6.45, 7) is 0. The van der Waals surface area contributed by atoms with Gasteiger partial charge in [-0.2, -0.15) is 0 Å². The molecule has 2 N–H and O–H groups in total. The third-order valence-corrected chi connectivity index (χ3v) is 3.36. The van der Waals surface area contributed by atoms with Crippen molar-refractivity contribution in [3.05, 3.63) is 26.8 Å². The van der Waals surface area contributed by atoms with Gasteiger partial charge in [-0.3, -0.25) is 14.9 Å². The number of imide groups is 1. The van der Waals surface area contributed by atoms with Crippen LogP contribution in [0, 0.1) is 3.57 Å². The summed E-state index contributed by atoms with van der Waals surface area (Å²) < 4.78 is 0.914. The van der Waals surface area contributed by atoms with Gasteiger partial charge >= 0.3 is 0 Å². The summed E-state index contributed by atoms with van der Waals surface area (Å²) in [4.78, 5) is 22.3. The van der Waals surface area contributed by atoms with Gasteiger partial charge in [-0.25, -0.2) is 0 Å². The molecule has 6 heteroatoms. The zero-order chi connectivity index (χ0) is 11.7. The normalized spacial score (nSPS) is 19.8. The van der Waals surface area contributed by atoms with Crippen LogP contribution >= 0.6 is 34.2 Å². The molecule has 1 aliphatic heterocycles. The zero-order valence-corrected chi connectivity index (χ0v) is 11.0. The Bertz CT molecular complexity index is 464. The van der Waals surface area contributed by atoms with Gasteiger partial charge in [-0.05, 0) is 40.8 Å². The molecule has 1 unspecified atom stereocenters. The number of benzene rings is 1. The third-order valence-electron chi connectivity index (χ3n) is 2.23. The fraction of sp³-hybridized carbons (Fsp3) is 0.200. The average molecular weight is 351 g/mol. The molecule has 4 nitrogen and oxygen atoms in total. The van der Waals surface area contributed by atoms with E-state index in [2.05, 4.69) is 33.2 Å².